The standard InChI is InChI=1S/C22H46S11/c1-6-27-11-20(12-28-7-16(2)23)33-21(13-29-8-17(3)24)14-30-15-22(31-9-18(4)25)32-10-19(5)26/h16-26H,6-15H2,1-5H3. The normalized spacial score (nSPS) is 18.5. The highest BCUT2D eigenvalue weighted by Crippen LogP contribution is 2.33. The third kappa shape index (κ3) is 25.9. The zero-order valence-electron chi connectivity index (χ0n) is 20.8. The first kappa shape index (κ1) is 36.8. The average Bonchev–Trinajstić information content (AvgIpc) is 2.72. The molecule has 11 heteroatoms. The lowest BCUT2D eigenvalue weighted by atomic mass is 10.5. The molecule has 0 nitrogen and oxygen atoms in total. The summed E-state index contributed by atoms with van der Waals surface area (Å²) >= 11 is 33.2. The molecule has 0 N–H and O–H groups in total. The van der Waals surface area contributed by atoms with Gasteiger partial charge in [-0.05, 0) is 5.75 Å². The maximum Gasteiger partial charge on any atom is 0.0593 e. The smallest absolute Gasteiger partial charge is 0.0593 e. The number of hydrogen-bond donors (Lipinski definition) is 4. The first-order valence-electron chi connectivity index (χ1n) is 11.6. The van der Waals surface area contributed by atoms with Crippen LogP contribution in [-0.2, 0) is 0 Å². The van der Waals surface area contributed by atoms with Crippen molar-refractivity contribution >= 4 is 133 Å². The molecule has 0 aromatic carbocycles. The van der Waals surface area contributed by atoms with E-state index in [2.05, 4.69) is 167 Å². The first-order valence-corrected chi connectivity index (χ1v) is 21.3. The van der Waals surface area contributed by atoms with Crippen LogP contribution in [0.2, 0.25) is 0 Å². The van der Waals surface area contributed by atoms with Gasteiger partial charge in [-0.15, -0.1) is 23.5 Å². The molecule has 0 aromatic rings. The second-order valence-corrected chi connectivity index (χ2v) is 20.6. The molecular weight excluding hydrogens is 617 g/mol. The molecule has 0 aliphatic carbocycles. The van der Waals surface area contributed by atoms with E-state index in [0.29, 0.717) is 30.8 Å². The highest BCUT2D eigenvalue weighted by atomic mass is 32.2. The van der Waals surface area contributed by atoms with Crippen molar-refractivity contribution in [3.63, 3.8) is 0 Å². The molecule has 0 heterocycles. The third-order valence-corrected chi connectivity index (χ3v) is 16.5. The Balaban J connectivity index is 4.85. The van der Waals surface area contributed by atoms with E-state index < -0.39 is 0 Å². The van der Waals surface area contributed by atoms with Crippen LogP contribution in [0.15, 0.2) is 0 Å². The lowest BCUT2D eigenvalue weighted by molar-refractivity contribution is 1.07. The van der Waals surface area contributed by atoms with Crippen molar-refractivity contribution in [3.05, 3.63) is 0 Å². The van der Waals surface area contributed by atoms with Crippen LogP contribution in [0.4, 0.5) is 0 Å². The third-order valence-electron chi connectivity index (χ3n) is 3.82. The molecule has 0 aliphatic rings. The molecule has 0 aliphatic heterocycles. The molecule has 0 spiro atoms. The summed E-state index contributed by atoms with van der Waals surface area (Å²) in [5, 5.41) is 3.27. The zero-order valence-corrected chi connectivity index (χ0v) is 30.1. The quantitative estimate of drug-likeness (QED) is 0.0632. The van der Waals surface area contributed by atoms with Crippen molar-refractivity contribution < 1.29 is 0 Å². The first-order chi connectivity index (χ1) is 15.6. The van der Waals surface area contributed by atoms with Crippen molar-refractivity contribution in [1.82, 2.24) is 0 Å². The van der Waals surface area contributed by atoms with Crippen molar-refractivity contribution in [1.29, 1.82) is 0 Å². The van der Waals surface area contributed by atoms with E-state index in [-0.39, 0.29) is 0 Å². The van der Waals surface area contributed by atoms with Crippen LogP contribution in [-0.4, -0.2) is 93.6 Å². The minimum absolute atomic E-state index is 0.453. The molecule has 0 radical (unpaired) electrons. The monoisotopic (exact) mass is 662 g/mol. The van der Waals surface area contributed by atoms with E-state index in [0.717, 1.165) is 28.3 Å². The average molecular weight is 663 g/mol. The Labute approximate surface area is 258 Å². The summed E-state index contributed by atoms with van der Waals surface area (Å²) in [7, 11) is 0. The van der Waals surface area contributed by atoms with Crippen LogP contribution in [0.25, 0.3) is 0 Å². The maximum absolute atomic E-state index is 4.59. The fourth-order valence-corrected chi connectivity index (χ4v) is 13.1. The Morgan fingerprint density at radius 3 is 1.21 bits per heavy atom. The fourth-order valence-electron chi connectivity index (χ4n) is 2.45. The van der Waals surface area contributed by atoms with Crippen LogP contribution < -0.4 is 0 Å². The van der Waals surface area contributed by atoms with E-state index in [9.17, 15) is 0 Å². The van der Waals surface area contributed by atoms with Crippen molar-refractivity contribution in [2.24, 2.45) is 0 Å². The van der Waals surface area contributed by atoms with Crippen LogP contribution >= 0.6 is 133 Å². The Kier molecular flexibility index (Phi) is 27.8. The van der Waals surface area contributed by atoms with E-state index in [1.54, 1.807) is 0 Å². The van der Waals surface area contributed by atoms with Crippen molar-refractivity contribution in [2.45, 2.75) is 70.7 Å². The molecule has 0 saturated heterocycles. The maximum atomic E-state index is 4.59. The van der Waals surface area contributed by atoms with Crippen LogP contribution in [0.1, 0.15) is 34.6 Å². The van der Waals surface area contributed by atoms with E-state index in [1.165, 1.54) is 34.5 Å². The summed E-state index contributed by atoms with van der Waals surface area (Å²) in [6, 6.07) is 0. The van der Waals surface area contributed by atoms with E-state index in [1.807, 2.05) is 0 Å². The van der Waals surface area contributed by atoms with Crippen molar-refractivity contribution in [3.8, 4) is 0 Å². The minimum Gasteiger partial charge on any atom is -0.175 e. The van der Waals surface area contributed by atoms with Gasteiger partial charge >= 0.3 is 0 Å². The van der Waals surface area contributed by atoms with Gasteiger partial charge in [0.05, 0.1) is 4.58 Å². The largest absolute Gasteiger partial charge is 0.175 e. The van der Waals surface area contributed by atoms with Gasteiger partial charge in [0.1, 0.15) is 0 Å². The highest BCUT2D eigenvalue weighted by Gasteiger charge is 2.20. The predicted molar refractivity (Wildman–Crippen MR) is 193 cm³/mol. The van der Waals surface area contributed by atoms with Gasteiger partial charge < -0.3 is 0 Å². The molecular formula is C22H46S11. The van der Waals surface area contributed by atoms with Gasteiger partial charge in [0.25, 0.3) is 0 Å². The van der Waals surface area contributed by atoms with Gasteiger partial charge in [-0.1, -0.05) is 34.6 Å². The molecule has 6 atom stereocenters. The van der Waals surface area contributed by atoms with Crippen LogP contribution in [0.5, 0.6) is 0 Å². The molecule has 200 valence electrons. The molecule has 0 rings (SSSR count). The molecule has 0 amide bonds. The zero-order chi connectivity index (χ0) is 25.1. The van der Waals surface area contributed by atoms with Crippen LogP contribution in [0.3, 0.4) is 0 Å². The van der Waals surface area contributed by atoms with Crippen molar-refractivity contribution in [2.75, 3.05) is 57.5 Å². The van der Waals surface area contributed by atoms with E-state index in [4.69, 9.17) is 0 Å². The molecule has 0 aromatic heterocycles. The van der Waals surface area contributed by atoms with Gasteiger partial charge in [0.2, 0.25) is 0 Å². The summed E-state index contributed by atoms with van der Waals surface area (Å²) in [6.45, 7) is 11.1. The molecule has 33 heavy (non-hydrogen) atoms. The molecule has 0 saturated carbocycles. The van der Waals surface area contributed by atoms with Crippen LogP contribution in [0, 0.1) is 0 Å². The van der Waals surface area contributed by atoms with Gasteiger partial charge in [-0.3, -0.25) is 0 Å². The SMILES string of the molecule is CCSCC(CSCC(C)S)SC(CSCC(C)S)CSCC(SCC(C)S)SCC(C)S. The predicted octanol–water partition coefficient (Wildman–Crippen LogP) is 8.48. The molecule has 0 fully saturated rings. The summed E-state index contributed by atoms with van der Waals surface area (Å²) in [6.07, 6.45) is 0. The van der Waals surface area contributed by atoms with Gasteiger partial charge in [0, 0.05) is 83.3 Å². The molecule has 6 unspecified atom stereocenters. The lowest BCUT2D eigenvalue weighted by Crippen LogP contribution is -2.22. The number of hydrogen-bond acceptors (Lipinski definition) is 11. The number of thioether (sulfide) groups is 7. The summed E-state index contributed by atoms with van der Waals surface area (Å²) in [5.74, 6) is 11.9. The lowest BCUT2D eigenvalue weighted by Gasteiger charge is -2.24. The van der Waals surface area contributed by atoms with Gasteiger partial charge in [-0.2, -0.15) is 109 Å². The molecule has 0 bridgehead atoms. The van der Waals surface area contributed by atoms with Gasteiger partial charge in [0.15, 0.2) is 0 Å². The second kappa shape index (κ2) is 24.9. The Morgan fingerprint density at radius 2 is 0.848 bits per heavy atom. The Bertz CT molecular complexity index is 409. The highest BCUT2D eigenvalue weighted by molar-refractivity contribution is 8.18. The Hall–Kier alpha value is 3.85. The summed E-state index contributed by atoms with van der Waals surface area (Å²) < 4.78 is 0.633. The number of rotatable bonds is 23. The Morgan fingerprint density at radius 1 is 0.485 bits per heavy atom. The van der Waals surface area contributed by atoms with E-state index >= 15 is 0 Å². The van der Waals surface area contributed by atoms with Gasteiger partial charge in [-0.25, -0.2) is 0 Å². The minimum atomic E-state index is 0.453. The topological polar surface area (TPSA) is 0 Å². The fraction of sp³-hybridized carbons (Fsp3) is 1.00. The number of thiol groups is 4. The second-order valence-electron chi connectivity index (χ2n) is 8.14. The summed E-state index contributed by atoms with van der Waals surface area (Å²) in [5.41, 5.74) is 0. The summed E-state index contributed by atoms with van der Waals surface area (Å²) in [4.78, 5) is 0.